The first-order valence-electron chi connectivity index (χ1n) is 7.61. The van der Waals surface area contributed by atoms with E-state index in [0.717, 1.165) is 18.2 Å². The van der Waals surface area contributed by atoms with Gasteiger partial charge in [-0.25, -0.2) is 18.1 Å². The van der Waals surface area contributed by atoms with E-state index in [0.29, 0.717) is 17.1 Å². The Kier molecular flexibility index (Phi) is 4.39. The first kappa shape index (κ1) is 18.2. The molecule has 0 aliphatic rings. The highest BCUT2D eigenvalue weighted by Crippen LogP contribution is 2.31. The molecule has 0 atom stereocenters. The Balaban J connectivity index is 1.94. The molecule has 26 heavy (non-hydrogen) atoms. The van der Waals surface area contributed by atoms with Crippen LogP contribution in [0, 0.1) is 0 Å². The molecule has 0 amide bonds. The van der Waals surface area contributed by atoms with E-state index in [-0.39, 0.29) is 11.7 Å². The number of alkyl halides is 3. The Morgan fingerprint density at radius 1 is 1.15 bits per heavy atom. The van der Waals surface area contributed by atoms with Crippen LogP contribution < -0.4 is 4.72 Å². The zero-order valence-electron chi connectivity index (χ0n) is 13.8. The van der Waals surface area contributed by atoms with Gasteiger partial charge in [-0.3, -0.25) is 4.72 Å². The molecule has 0 unspecified atom stereocenters. The fourth-order valence-corrected chi connectivity index (χ4v) is 3.51. The predicted octanol–water partition coefficient (Wildman–Crippen LogP) is 3.83. The Hall–Kier alpha value is -2.62. The zero-order valence-corrected chi connectivity index (χ0v) is 14.6. The van der Waals surface area contributed by atoms with Crippen molar-refractivity contribution in [2.75, 3.05) is 4.72 Å². The van der Waals surface area contributed by atoms with Crippen LogP contribution in [-0.2, 0) is 16.2 Å². The van der Waals surface area contributed by atoms with E-state index >= 15 is 0 Å². The number of halogens is 3. The van der Waals surface area contributed by atoms with Crippen molar-refractivity contribution in [3.8, 4) is 0 Å². The number of nitrogens with zero attached hydrogens (tertiary/aromatic N) is 3. The molecule has 6 nitrogen and oxygen atoms in total. The van der Waals surface area contributed by atoms with Gasteiger partial charge in [0.25, 0.3) is 10.0 Å². The molecular weight excluding hydrogens is 369 g/mol. The van der Waals surface area contributed by atoms with E-state index in [4.69, 9.17) is 0 Å². The number of hydrogen-bond acceptors (Lipinski definition) is 4. The highest BCUT2D eigenvalue weighted by molar-refractivity contribution is 7.92. The molecule has 1 N–H and O–H groups in total. The summed E-state index contributed by atoms with van der Waals surface area (Å²) in [4.78, 5) is 3.71. The normalized spacial score (nSPS) is 12.7. The number of aromatic nitrogens is 3. The Labute approximate surface area is 147 Å². The molecule has 0 aliphatic carbocycles. The maximum Gasteiger partial charge on any atom is 0.416 e. The van der Waals surface area contributed by atoms with E-state index in [1.54, 1.807) is 10.9 Å². The molecule has 0 saturated carbocycles. The molecule has 1 aromatic carbocycles. The van der Waals surface area contributed by atoms with E-state index < -0.39 is 26.7 Å². The molecule has 0 spiro atoms. The number of benzene rings is 1. The van der Waals surface area contributed by atoms with Gasteiger partial charge < -0.3 is 0 Å². The summed E-state index contributed by atoms with van der Waals surface area (Å²) in [5.41, 5.74) is -0.313. The molecule has 0 aliphatic heterocycles. The number of rotatable bonds is 4. The molecule has 3 aromatic rings. The second-order valence-electron chi connectivity index (χ2n) is 5.95. The number of nitrogens with one attached hydrogen (secondary N) is 1. The second kappa shape index (κ2) is 6.27. The SMILES string of the molecule is CC(C)n1ncc2cc(NS(=O)(=O)c3cccc(C(F)(F)F)c3)cnc21. The quantitative estimate of drug-likeness (QED) is 0.742. The molecule has 0 fully saturated rings. The minimum Gasteiger partial charge on any atom is -0.278 e. The lowest BCUT2D eigenvalue weighted by Gasteiger charge is -2.11. The maximum absolute atomic E-state index is 12.8. The van der Waals surface area contributed by atoms with Crippen LogP contribution in [0.15, 0.2) is 47.6 Å². The number of anilines is 1. The van der Waals surface area contributed by atoms with Crippen molar-refractivity contribution < 1.29 is 21.6 Å². The topological polar surface area (TPSA) is 76.9 Å². The van der Waals surface area contributed by atoms with E-state index in [1.807, 2.05) is 13.8 Å². The molecule has 2 aromatic heterocycles. The number of pyridine rings is 1. The average Bonchev–Trinajstić information content (AvgIpc) is 2.97. The van der Waals surface area contributed by atoms with E-state index in [1.165, 1.54) is 12.3 Å². The third-order valence-corrected chi connectivity index (χ3v) is 5.03. The zero-order chi connectivity index (χ0) is 19.1. The summed E-state index contributed by atoms with van der Waals surface area (Å²) in [5.74, 6) is 0. The molecule has 0 bridgehead atoms. The van der Waals surface area contributed by atoms with Crippen LogP contribution in [0.25, 0.3) is 11.0 Å². The van der Waals surface area contributed by atoms with Crippen LogP contribution in [0.2, 0.25) is 0 Å². The summed E-state index contributed by atoms with van der Waals surface area (Å²) in [6.07, 6.45) is -1.78. The highest BCUT2D eigenvalue weighted by atomic mass is 32.2. The standard InChI is InChI=1S/C16H15F3N4O2S/c1-10(2)23-15-11(8-21-23)6-13(9-20-15)22-26(24,25)14-5-3-4-12(7-14)16(17,18)19/h3-10,22H,1-2H3. The monoisotopic (exact) mass is 384 g/mol. The smallest absolute Gasteiger partial charge is 0.278 e. The summed E-state index contributed by atoms with van der Waals surface area (Å²) in [5, 5.41) is 4.79. The molecule has 10 heteroatoms. The third-order valence-electron chi connectivity index (χ3n) is 3.65. The second-order valence-corrected chi connectivity index (χ2v) is 7.63. The van der Waals surface area contributed by atoms with E-state index in [9.17, 15) is 21.6 Å². The van der Waals surface area contributed by atoms with Crippen molar-refractivity contribution in [2.24, 2.45) is 0 Å². The van der Waals surface area contributed by atoms with Crippen LogP contribution in [0.1, 0.15) is 25.5 Å². The predicted molar refractivity (Wildman–Crippen MR) is 90.2 cm³/mol. The lowest BCUT2D eigenvalue weighted by atomic mass is 10.2. The molecule has 2 heterocycles. The van der Waals surface area contributed by atoms with Gasteiger partial charge in [-0.1, -0.05) is 6.07 Å². The summed E-state index contributed by atoms with van der Waals surface area (Å²) in [6.45, 7) is 3.86. The molecule has 0 saturated heterocycles. The van der Waals surface area contributed by atoms with Crippen LogP contribution in [-0.4, -0.2) is 23.2 Å². The fraction of sp³-hybridized carbons (Fsp3) is 0.250. The largest absolute Gasteiger partial charge is 0.416 e. The summed E-state index contributed by atoms with van der Waals surface area (Å²) >= 11 is 0. The van der Waals surface area contributed by atoms with Crippen molar-refractivity contribution in [3.05, 3.63) is 48.3 Å². The van der Waals surface area contributed by atoms with Crippen molar-refractivity contribution in [1.29, 1.82) is 0 Å². The minimum absolute atomic E-state index is 0.0765. The molecule has 138 valence electrons. The van der Waals surface area contributed by atoms with Gasteiger partial charge >= 0.3 is 6.18 Å². The molecule has 0 radical (unpaired) electrons. The van der Waals surface area contributed by atoms with Crippen molar-refractivity contribution in [3.63, 3.8) is 0 Å². The lowest BCUT2D eigenvalue weighted by molar-refractivity contribution is -0.137. The Bertz CT molecular complexity index is 1060. The average molecular weight is 384 g/mol. The third kappa shape index (κ3) is 3.50. The van der Waals surface area contributed by atoms with Gasteiger partial charge in [0.1, 0.15) is 0 Å². The van der Waals surface area contributed by atoms with Gasteiger partial charge in [0.2, 0.25) is 0 Å². The maximum atomic E-state index is 12.8. The van der Waals surface area contributed by atoms with Gasteiger partial charge in [0, 0.05) is 11.4 Å². The van der Waals surface area contributed by atoms with Crippen LogP contribution in [0.3, 0.4) is 0 Å². The van der Waals surface area contributed by atoms with Crippen LogP contribution in [0.4, 0.5) is 18.9 Å². The van der Waals surface area contributed by atoms with Crippen molar-refractivity contribution >= 4 is 26.7 Å². The Morgan fingerprint density at radius 3 is 2.54 bits per heavy atom. The summed E-state index contributed by atoms with van der Waals surface area (Å²) < 4.78 is 67.1. The summed E-state index contributed by atoms with van der Waals surface area (Å²) in [7, 11) is -4.19. The first-order valence-corrected chi connectivity index (χ1v) is 9.09. The number of hydrogen-bond donors (Lipinski definition) is 1. The van der Waals surface area contributed by atoms with E-state index in [2.05, 4.69) is 14.8 Å². The van der Waals surface area contributed by atoms with Gasteiger partial charge in [-0.2, -0.15) is 18.3 Å². The van der Waals surface area contributed by atoms with Gasteiger partial charge in [-0.05, 0) is 38.1 Å². The van der Waals surface area contributed by atoms with Gasteiger partial charge in [-0.15, -0.1) is 0 Å². The molecule has 3 rings (SSSR count). The van der Waals surface area contributed by atoms with Crippen LogP contribution >= 0.6 is 0 Å². The number of sulfonamides is 1. The summed E-state index contributed by atoms with van der Waals surface area (Å²) in [6, 6.07) is 5.15. The van der Waals surface area contributed by atoms with Gasteiger partial charge in [0.15, 0.2) is 5.65 Å². The van der Waals surface area contributed by atoms with Crippen LogP contribution in [0.5, 0.6) is 0 Å². The number of fused-ring (bicyclic) bond motifs is 1. The van der Waals surface area contributed by atoms with Crippen molar-refractivity contribution in [1.82, 2.24) is 14.8 Å². The lowest BCUT2D eigenvalue weighted by Crippen LogP contribution is -2.15. The fourth-order valence-electron chi connectivity index (χ4n) is 2.43. The highest BCUT2D eigenvalue weighted by Gasteiger charge is 2.31. The Morgan fingerprint density at radius 2 is 1.88 bits per heavy atom. The molecular formula is C16H15F3N4O2S. The van der Waals surface area contributed by atoms with Gasteiger partial charge in [0.05, 0.1) is 28.5 Å². The first-order chi connectivity index (χ1) is 12.1. The van der Waals surface area contributed by atoms with Crippen molar-refractivity contribution in [2.45, 2.75) is 31.0 Å². The minimum atomic E-state index is -4.63.